The first-order valence-corrected chi connectivity index (χ1v) is 8.67. The van der Waals surface area contributed by atoms with E-state index in [0.717, 1.165) is 11.3 Å². The molecule has 9 heteroatoms. The fraction of sp³-hybridized carbons (Fsp3) is 0.235. The number of nitrogens with zero attached hydrogens (tertiary/aromatic N) is 2. The molecule has 1 aromatic heterocycles. The number of anilines is 1. The molecule has 26 heavy (non-hydrogen) atoms. The van der Waals surface area contributed by atoms with Gasteiger partial charge in [-0.1, -0.05) is 17.8 Å². The van der Waals surface area contributed by atoms with Crippen molar-refractivity contribution in [3.63, 3.8) is 0 Å². The molecule has 0 atom stereocenters. The van der Waals surface area contributed by atoms with Gasteiger partial charge in [-0.05, 0) is 17.7 Å². The van der Waals surface area contributed by atoms with E-state index in [9.17, 15) is 13.2 Å². The van der Waals surface area contributed by atoms with Crippen molar-refractivity contribution in [1.82, 2.24) is 9.97 Å². The molecule has 0 aliphatic carbocycles. The van der Waals surface area contributed by atoms with Crippen molar-refractivity contribution >= 4 is 28.5 Å². The molecular weight excluding hydrogens is 367 g/mol. The minimum absolute atomic E-state index is 0.0314. The maximum Gasteiger partial charge on any atom is 0.586 e. The lowest BCUT2D eigenvalue weighted by Gasteiger charge is -2.17. The lowest BCUT2D eigenvalue weighted by Crippen LogP contribution is -2.25. The van der Waals surface area contributed by atoms with E-state index in [-0.39, 0.29) is 17.3 Å². The van der Waals surface area contributed by atoms with Gasteiger partial charge in [0.15, 0.2) is 16.7 Å². The molecule has 0 amide bonds. The van der Waals surface area contributed by atoms with E-state index in [1.807, 2.05) is 19.0 Å². The van der Waals surface area contributed by atoms with Crippen molar-refractivity contribution < 1.29 is 22.6 Å². The number of aromatic nitrogens is 2. The van der Waals surface area contributed by atoms with E-state index < -0.39 is 6.29 Å². The van der Waals surface area contributed by atoms with Crippen LogP contribution in [0, 0.1) is 5.82 Å². The van der Waals surface area contributed by atoms with Crippen LogP contribution < -0.4 is 14.4 Å². The number of halogens is 3. The highest BCUT2D eigenvalue weighted by molar-refractivity contribution is 7.98. The smallest absolute Gasteiger partial charge is 0.395 e. The highest BCUT2D eigenvalue weighted by Crippen LogP contribution is 2.43. The van der Waals surface area contributed by atoms with E-state index in [1.54, 1.807) is 6.07 Å². The van der Waals surface area contributed by atoms with E-state index in [1.165, 1.54) is 36.0 Å². The zero-order valence-corrected chi connectivity index (χ0v) is 14.7. The van der Waals surface area contributed by atoms with Gasteiger partial charge in [-0.3, -0.25) is 0 Å². The zero-order valence-electron chi connectivity index (χ0n) is 13.8. The quantitative estimate of drug-likeness (QED) is 0.680. The van der Waals surface area contributed by atoms with E-state index >= 15 is 0 Å². The van der Waals surface area contributed by atoms with Crippen LogP contribution >= 0.6 is 11.8 Å². The maximum absolute atomic E-state index is 13.5. The summed E-state index contributed by atoms with van der Waals surface area (Å²) in [5.41, 5.74) is 2.81. The summed E-state index contributed by atoms with van der Waals surface area (Å²) in [5.74, 6) is 0.200. The van der Waals surface area contributed by atoms with Crippen molar-refractivity contribution in [1.29, 1.82) is 0 Å². The highest BCUT2D eigenvalue weighted by Gasteiger charge is 2.43. The number of thioether (sulfide) groups is 1. The monoisotopic (exact) mass is 381 g/mol. The first-order chi connectivity index (χ1) is 12.3. The molecule has 0 saturated heterocycles. The Morgan fingerprint density at radius 1 is 1.15 bits per heavy atom. The second-order valence-electron chi connectivity index (χ2n) is 5.98. The summed E-state index contributed by atoms with van der Waals surface area (Å²) in [4.78, 5) is 9.30. The molecule has 0 fully saturated rings. The molecule has 2 heterocycles. The zero-order chi connectivity index (χ0) is 18.5. The van der Waals surface area contributed by atoms with Gasteiger partial charge in [-0.25, -0.2) is 9.37 Å². The average Bonchev–Trinajstić information content (AvgIpc) is 3.08. The first kappa shape index (κ1) is 16.9. The fourth-order valence-electron chi connectivity index (χ4n) is 2.72. The molecule has 0 saturated carbocycles. The van der Waals surface area contributed by atoms with Crippen LogP contribution in [0.15, 0.2) is 35.5 Å². The SMILES string of the molecule is CN(C)c1cc(F)ccc1CSc1nc2cc3c(cc2[nH]1)OC(F)(F)O3. The second kappa shape index (κ2) is 6.01. The number of nitrogens with one attached hydrogen (secondary N) is 1. The van der Waals surface area contributed by atoms with Crippen LogP contribution in [0.1, 0.15) is 5.56 Å². The highest BCUT2D eigenvalue weighted by atomic mass is 32.2. The van der Waals surface area contributed by atoms with Crippen molar-refractivity contribution in [2.75, 3.05) is 19.0 Å². The molecule has 5 nitrogen and oxygen atoms in total. The van der Waals surface area contributed by atoms with Gasteiger partial charge < -0.3 is 19.4 Å². The molecule has 1 N–H and O–H groups in total. The molecule has 0 spiro atoms. The molecule has 136 valence electrons. The summed E-state index contributed by atoms with van der Waals surface area (Å²) < 4.78 is 48.5. The van der Waals surface area contributed by atoms with Gasteiger partial charge in [-0.15, -0.1) is 8.78 Å². The lowest BCUT2D eigenvalue weighted by atomic mass is 10.2. The van der Waals surface area contributed by atoms with E-state index in [4.69, 9.17) is 0 Å². The van der Waals surface area contributed by atoms with Crippen molar-refractivity contribution in [3.05, 3.63) is 41.7 Å². The Hall–Kier alpha value is -2.55. The predicted octanol–water partition coefficient (Wildman–Crippen LogP) is 4.38. The number of hydrogen-bond donors (Lipinski definition) is 1. The van der Waals surface area contributed by atoms with Crippen LogP contribution in [-0.2, 0) is 5.75 Å². The van der Waals surface area contributed by atoms with Crippen molar-refractivity contribution in [3.8, 4) is 11.5 Å². The number of alkyl halides is 2. The average molecular weight is 381 g/mol. The predicted molar refractivity (Wildman–Crippen MR) is 92.6 cm³/mol. The van der Waals surface area contributed by atoms with Gasteiger partial charge in [-0.2, -0.15) is 0 Å². The van der Waals surface area contributed by atoms with Crippen LogP contribution in [0.4, 0.5) is 18.9 Å². The number of ether oxygens (including phenoxy) is 2. The molecular formula is C17H14F3N3O2S. The Bertz CT molecular complexity index is 946. The summed E-state index contributed by atoms with van der Waals surface area (Å²) in [5, 5.41) is 0.615. The Morgan fingerprint density at radius 3 is 2.62 bits per heavy atom. The van der Waals surface area contributed by atoms with Crippen molar-refractivity contribution in [2.24, 2.45) is 0 Å². The minimum Gasteiger partial charge on any atom is -0.395 e. The molecule has 3 aromatic rings. The Morgan fingerprint density at radius 2 is 1.88 bits per heavy atom. The van der Waals surface area contributed by atoms with Gasteiger partial charge in [0.05, 0.1) is 11.0 Å². The largest absolute Gasteiger partial charge is 0.586 e. The van der Waals surface area contributed by atoms with Gasteiger partial charge in [0.25, 0.3) is 0 Å². The number of rotatable bonds is 4. The van der Waals surface area contributed by atoms with Crippen LogP contribution in [-0.4, -0.2) is 30.4 Å². The van der Waals surface area contributed by atoms with Crippen molar-refractivity contribution in [2.45, 2.75) is 17.2 Å². The maximum atomic E-state index is 13.5. The fourth-order valence-corrected chi connectivity index (χ4v) is 3.60. The van der Waals surface area contributed by atoms with Crippen LogP contribution in [0.2, 0.25) is 0 Å². The summed E-state index contributed by atoms with van der Waals surface area (Å²) in [6, 6.07) is 7.48. The summed E-state index contributed by atoms with van der Waals surface area (Å²) in [7, 11) is 3.70. The standard InChI is InChI=1S/C17H14F3N3O2S/c1-23(2)13-5-10(18)4-3-9(13)8-26-16-21-11-6-14-15(7-12(11)22-16)25-17(19,20)24-14/h3-7H,8H2,1-2H3,(H,21,22). The Labute approximate surface area is 151 Å². The molecule has 1 aliphatic heterocycles. The third-order valence-corrected chi connectivity index (χ3v) is 4.80. The lowest BCUT2D eigenvalue weighted by molar-refractivity contribution is -0.286. The number of aromatic amines is 1. The summed E-state index contributed by atoms with van der Waals surface area (Å²) >= 11 is 1.43. The number of hydrogen-bond acceptors (Lipinski definition) is 5. The van der Waals surface area contributed by atoms with Crippen LogP contribution in [0.25, 0.3) is 11.0 Å². The topological polar surface area (TPSA) is 50.4 Å². The summed E-state index contributed by atoms with van der Waals surface area (Å²) in [6.45, 7) is 0. The first-order valence-electron chi connectivity index (χ1n) is 7.69. The number of benzene rings is 2. The molecule has 0 bridgehead atoms. The number of imidazole rings is 1. The van der Waals surface area contributed by atoms with E-state index in [0.29, 0.717) is 21.9 Å². The molecule has 0 unspecified atom stereocenters. The number of fused-ring (bicyclic) bond motifs is 2. The minimum atomic E-state index is -3.65. The van der Waals surface area contributed by atoms with Gasteiger partial charge in [0.1, 0.15) is 5.82 Å². The van der Waals surface area contributed by atoms with Gasteiger partial charge in [0.2, 0.25) is 0 Å². The third kappa shape index (κ3) is 3.14. The third-order valence-electron chi connectivity index (χ3n) is 3.88. The van der Waals surface area contributed by atoms with Crippen LogP contribution in [0.3, 0.4) is 0 Å². The van der Waals surface area contributed by atoms with Crippen LogP contribution in [0.5, 0.6) is 11.5 Å². The van der Waals surface area contributed by atoms with E-state index in [2.05, 4.69) is 19.4 Å². The van der Waals surface area contributed by atoms with Gasteiger partial charge in [0, 0.05) is 37.7 Å². The van der Waals surface area contributed by atoms with Gasteiger partial charge >= 0.3 is 6.29 Å². The molecule has 4 rings (SSSR count). The molecule has 1 aliphatic rings. The Kier molecular flexibility index (Phi) is 3.91. The second-order valence-corrected chi connectivity index (χ2v) is 6.95. The molecule has 2 aromatic carbocycles. The summed E-state index contributed by atoms with van der Waals surface area (Å²) in [6.07, 6.45) is -3.65. The molecule has 0 radical (unpaired) electrons. The normalized spacial score (nSPS) is 14.8. The number of H-pyrrole nitrogens is 1. The Balaban J connectivity index is 1.56.